The molecule has 0 saturated carbocycles. The Hall–Kier alpha value is -3.32. The van der Waals surface area contributed by atoms with Gasteiger partial charge in [0, 0.05) is 17.8 Å². The van der Waals surface area contributed by atoms with Crippen molar-refractivity contribution in [2.24, 2.45) is 7.05 Å². The topological polar surface area (TPSA) is 84.1 Å². The third kappa shape index (κ3) is 4.41. The number of imidazole rings is 1. The van der Waals surface area contributed by atoms with E-state index in [9.17, 15) is 5.11 Å². The minimum Gasteiger partial charge on any atom is -0.392 e. The van der Waals surface area contributed by atoms with E-state index in [1.165, 1.54) is 0 Å². The van der Waals surface area contributed by atoms with E-state index in [0.29, 0.717) is 5.15 Å². The quantitative estimate of drug-likeness (QED) is 0.410. The molecule has 2 N–H and O–H groups in total. The van der Waals surface area contributed by atoms with Gasteiger partial charge >= 0.3 is 0 Å². The standard InChI is InChI=1S/C14H13N3O.C10H8ClNO/c1-17-9-15-7-14(17)13-6-10(8-18)11-4-2-3-5-12(11)16-13;11-10-5-7(6-13)8-3-1-2-4-9(8)12-10/h2-7,9,18H,8H2,1H3;1-5,13H,6H2. The molecule has 0 aliphatic rings. The Morgan fingerprint density at radius 3 is 2.00 bits per heavy atom. The van der Waals surface area contributed by atoms with E-state index < -0.39 is 0 Å². The molecule has 0 spiro atoms. The molecule has 156 valence electrons. The Morgan fingerprint density at radius 1 is 0.839 bits per heavy atom. The van der Waals surface area contributed by atoms with Crippen molar-refractivity contribution < 1.29 is 10.2 Å². The summed E-state index contributed by atoms with van der Waals surface area (Å²) in [6.45, 7) is -0.00334. The van der Waals surface area contributed by atoms with Gasteiger partial charge in [0.1, 0.15) is 5.15 Å². The molecule has 0 radical (unpaired) electrons. The number of aryl methyl sites for hydroxylation is 1. The lowest BCUT2D eigenvalue weighted by atomic mass is 10.1. The van der Waals surface area contributed by atoms with Gasteiger partial charge in [0.25, 0.3) is 0 Å². The first-order valence-corrected chi connectivity index (χ1v) is 10.1. The predicted molar refractivity (Wildman–Crippen MR) is 123 cm³/mol. The SMILES string of the molecule is Cn1cncc1-c1cc(CO)c2ccccc2n1.OCc1cc(Cl)nc2ccccc12. The van der Waals surface area contributed by atoms with Crippen LogP contribution in [0.5, 0.6) is 0 Å². The van der Waals surface area contributed by atoms with Crippen molar-refractivity contribution in [2.75, 3.05) is 0 Å². The number of rotatable bonds is 3. The Labute approximate surface area is 184 Å². The average Bonchev–Trinajstić information content (AvgIpc) is 3.24. The molecule has 0 aliphatic heterocycles. The smallest absolute Gasteiger partial charge is 0.130 e. The summed E-state index contributed by atoms with van der Waals surface area (Å²) >= 11 is 5.78. The van der Waals surface area contributed by atoms with Gasteiger partial charge in [0.15, 0.2) is 0 Å². The van der Waals surface area contributed by atoms with E-state index in [0.717, 1.165) is 44.3 Å². The number of aromatic nitrogens is 4. The molecule has 0 saturated heterocycles. The summed E-state index contributed by atoms with van der Waals surface area (Å²) in [5.41, 5.74) is 5.18. The van der Waals surface area contributed by atoms with Crippen LogP contribution >= 0.6 is 11.6 Å². The lowest BCUT2D eigenvalue weighted by Gasteiger charge is -2.08. The first-order valence-electron chi connectivity index (χ1n) is 9.72. The van der Waals surface area contributed by atoms with Gasteiger partial charge in [-0.15, -0.1) is 0 Å². The number of aliphatic hydroxyl groups is 2. The molecule has 0 bridgehead atoms. The molecule has 0 unspecified atom stereocenters. The largest absolute Gasteiger partial charge is 0.392 e. The Kier molecular flexibility index (Phi) is 6.23. The van der Waals surface area contributed by atoms with Crippen LogP contribution in [0, 0.1) is 0 Å². The number of pyridine rings is 2. The third-order valence-electron chi connectivity index (χ3n) is 4.99. The minimum atomic E-state index is -0.0112. The molecule has 3 aromatic heterocycles. The molecule has 5 rings (SSSR count). The van der Waals surface area contributed by atoms with Gasteiger partial charge in [-0.2, -0.15) is 0 Å². The molecule has 31 heavy (non-hydrogen) atoms. The summed E-state index contributed by atoms with van der Waals surface area (Å²) in [6.07, 6.45) is 3.52. The van der Waals surface area contributed by atoms with E-state index in [2.05, 4.69) is 15.0 Å². The van der Waals surface area contributed by atoms with E-state index >= 15 is 0 Å². The lowest BCUT2D eigenvalue weighted by Crippen LogP contribution is -1.96. The van der Waals surface area contributed by atoms with Crippen LogP contribution in [0.3, 0.4) is 0 Å². The highest BCUT2D eigenvalue weighted by Crippen LogP contribution is 2.24. The monoisotopic (exact) mass is 432 g/mol. The van der Waals surface area contributed by atoms with Crippen molar-refractivity contribution in [1.82, 2.24) is 19.5 Å². The number of hydrogen-bond acceptors (Lipinski definition) is 5. The highest BCUT2D eigenvalue weighted by Gasteiger charge is 2.09. The highest BCUT2D eigenvalue weighted by molar-refractivity contribution is 6.29. The average molecular weight is 433 g/mol. The van der Waals surface area contributed by atoms with Crippen molar-refractivity contribution in [3.63, 3.8) is 0 Å². The summed E-state index contributed by atoms with van der Waals surface area (Å²) < 4.78 is 1.91. The molecular formula is C24H21ClN4O2. The fraction of sp³-hybridized carbons (Fsp3) is 0.125. The molecule has 0 fully saturated rings. The van der Waals surface area contributed by atoms with Crippen molar-refractivity contribution in [3.8, 4) is 11.4 Å². The first kappa shape index (κ1) is 20.9. The maximum Gasteiger partial charge on any atom is 0.130 e. The van der Waals surface area contributed by atoms with Gasteiger partial charge in [0.2, 0.25) is 0 Å². The maximum absolute atomic E-state index is 9.48. The van der Waals surface area contributed by atoms with Crippen LogP contribution in [-0.2, 0) is 20.3 Å². The summed E-state index contributed by atoms with van der Waals surface area (Å²) in [5, 5.41) is 20.9. The molecule has 5 aromatic rings. The first-order chi connectivity index (χ1) is 15.1. The summed E-state index contributed by atoms with van der Waals surface area (Å²) in [4.78, 5) is 12.8. The van der Waals surface area contributed by atoms with Crippen molar-refractivity contribution in [3.05, 3.63) is 89.5 Å². The lowest BCUT2D eigenvalue weighted by molar-refractivity contribution is 0.283. The van der Waals surface area contributed by atoms with Crippen LogP contribution in [-0.4, -0.2) is 29.7 Å². The van der Waals surface area contributed by atoms with Gasteiger partial charge in [-0.1, -0.05) is 48.0 Å². The highest BCUT2D eigenvalue weighted by atomic mass is 35.5. The summed E-state index contributed by atoms with van der Waals surface area (Å²) in [6, 6.07) is 19.0. The molecule has 0 amide bonds. The molecular weight excluding hydrogens is 412 g/mol. The van der Waals surface area contributed by atoms with Crippen molar-refractivity contribution in [1.29, 1.82) is 0 Å². The number of nitrogens with zero attached hydrogens (tertiary/aromatic N) is 4. The summed E-state index contributed by atoms with van der Waals surface area (Å²) in [5.74, 6) is 0. The van der Waals surface area contributed by atoms with Crippen LogP contribution in [0.2, 0.25) is 5.15 Å². The van der Waals surface area contributed by atoms with E-state index in [1.54, 1.807) is 18.6 Å². The zero-order valence-electron chi connectivity index (χ0n) is 16.9. The third-order valence-corrected chi connectivity index (χ3v) is 5.19. The number of hydrogen-bond donors (Lipinski definition) is 2. The predicted octanol–water partition coefficient (Wildman–Crippen LogP) is 4.51. The molecule has 0 aliphatic carbocycles. The maximum atomic E-state index is 9.48. The van der Waals surface area contributed by atoms with Crippen LogP contribution in [0.1, 0.15) is 11.1 Å². The zero-order valence-corrected chi connectivity index (χ0v) is 17.7. The van der Waals surface area contributed by atoms with Crippen molar-refractivity contribution in [2.45, 2.75) is 13.2 Å². The number of para-hydroxylation sites is 2. The zero-order chi connectivity index (χ0) is 21.8. The molecule has 3 heterocycles. The van der Waals surface area contributed by atoms with Crippen LogP contribution in [0.4, 0.5) is 0 Å². The van der Waals surface area contributed by atoms with Crippen LogP contribution in [0.25, 0.3) is 33.2 Å². The molecule has 6 nitrogen and oxygen atoms in total. The molecule has 7 heteroatoms. The van der Waals surface area contributed by atoms with Gasteiger partial charge in [-0.05, 0) is 35.4 Å². The molecule has 0 atom stereocenters. The normalized spacial score (nSPS) is 10.8. The van der Waals surface area contributed by atoms with Crippen LogP contribution in [0.15, 0.2) is 73.2 Å². The van der Waals surface area contributed by atoms with Gasteiger partial charge in [-0.25, -0.2) is 15.0 Å². The van der Waals surface area contributed by atoms with E-state index in [1.807, 2.05) is 66.2 Å². The second-order valence-electron chi connectivity index (χ2n) is 7.01. The van der Waals surface area contributed by atoms with Crippen LogP contribution < -0.4 is 0 Å². The number of halogens is 1. The van der Waals surface area contributed by atoms with Gasteiger partial charge in [-0.3, -0.25) is 0 Å². The van der Waals surface area contributed by atoms with Gasteiger partial charge in [0.05, 0.1) is 48.2 Å². The Bertz CT molecular complexity index is 1350. The minimum absolute atomic E-state index is 0.00782. The second kappa shape index (κ2) is 9.22. The second-order valence-corrected chi connectivity index (χ2v) is 7.40. The number of aliphatic hydroxyl groups excluding tert-OH is 2. The Balaban J connectivity index is 0.000000158. The fourth-order valence-corrected chi connectivity index (χ4v) is 3.68. The number of benzene rings is 2. The van der Waals surface area contributed by atoms with Crippen molar-refractivity contribution >= 4 is 33.4 Å². The summed E-state index contributed by atoms with van der Waals surface area (Å²) in [7, 11) is 1.93. The van der Waals surface area contributed by atoms with Gasteiger partial charge < -0.3 is 14.8 Å². The fourth-order valence-electron chi connectivity index (χ4n) is 3.46. The number of fused-ring (bicyclic) bond motifs is 2. The van der Waals surface area contributed by atoms with E-state index in [-0.39, 0.29) is 13.2 Å². The molecule has 2 aromatic carbocycles. The Morgan fingerprint density at radius 2 is 1.42 bits per heavy atom. The van der Waals surface area contributed by atoms with E-state index in [4.69, 9.17) is 16.7 Å².